The standard InChI is InChI=1S/C21H21NO4/c1-3-26-17-7-4-11(10(2)23)8-16(17)22-20(24)18-12-5-6-13(15-9-14(12)15)19(18)21(22)25/h4-8,12-15,18-19H,3,9H2,1-2H3/t12-,13-,14-,15+,18-,19+/m0/s1. The minimum atomic E-state index is -0.253. The van der Waals surface area contributed by atoms with Crippen LogP contribution in [0.25, 0.3) is 0 Å². The Morgan fingerprint density at radius 3 is 2.27 bits per heavy atom. The van der Waals surface area contributed by atoms with Gasteiger partial charge in [0.05, 0.1) is 24.1 Å². The molecule has 0 aromatic heterocycles. The Labute approximate surface area is 152 Å². The van der Waals surface area contributed by atoms with Gasteiger partial charge in [-0.1, -0.05) is 12.2 Å². The van der Waals surface area contributed by atoms with E-state index in [0.29, 0.717) is 35.4 Å². The van der Waals surface area contributed by atoms with Crippen LogP contribution in [0.4, 0.5) is 5.69 Å². The minimum Gasteiger partial charge on any atom is -0.492 e. The maximum atomic E-state index is 13.3. The van der Waals surface area contributed by atoms with Crippen LogP contribution >= 0.6 is 0 Å². The molecule has 1 aliphatic heterocycles. The van der Waals surface area contributed by atoms with Crippen molar-refractivity contribution in [2.75, 3.05) is 11.5 Å². The number of imide groups is 1. The average Bonchev–Trinajstić information content (AvgIpc) is 3.40. The zero-order chi connectivity index (χ0) is 18.2. The van der Waals surface area contributed by atoms with Gasteiger partial charge < -0.3 is 4.74 Å². The number of anilines is 1. The van der Waals surface area contributed by atoms with Crippen LogP contribution in [0.3, 0.4) is 0 Å². The predicted molar refractivity (Wildman–Crippen MR) is 94.8 cm³/mol. The van der Waals surface area contributed by atoms with Gasteiger partial charge in [0.15, 0.2) is 5.78 Å². The van der Waals surface area contributed by atoms with E-state index in [1.807, 2.05) is 6.92 Å². The maximum Gasteiger partial charge on any atom is 0.238 e. The van der Waals surface area contributed by atoms with Crippen LogP contribution in [0.2, 0.25) is 0 Å². The van der Waals surface area contributed by atoms with Gasteiger partial charge in [-0.3, -0.25) is 14.4 Å². The van der Waals surface area contributed by atoms with Gasteiger partial charge in [-0.05, 0) is 62.1 Å². The summed E-state index contributed by atoms with van der Waals surface area (Å²) in [5, 5.41) is 0. The highest BCUT2D eigenvalue weighted by Crippen LogP contribution is 2.65. The molecular weight excluding hydrogens is 330 g/mol. The zero-order valence-electron chi connectivity index (χ0n) is 14.8. The van der Waals surface area contributed by atoms with Crippen molar-refractivity contribution < 1.29 is 19.1 Å². The molecule has 134 valence electrons. The molecule has 5 heteroatoms. The van der Waals surface area contributed by atoms with Gasteiger partial charge in [-0.15, -0.1) is 0 Å². The van der Waals surface area contributed by atoms with Crippen molar-refractivity contribution in [1.82, 2.24) is 0 Å². The van der Waals surface area contributed by atoms with E-state index in [9.17, 15) is 14.4 Å². The summed E-state index contributed by atoms with van der Waals surface area (Å²) in [7, 11) is 0. The summed E-state index contributed by atoms with van der Waals surface area (Å²) in [4.78, 5) is 39.7. The molecule has 3 fully saturated rings. The number of benzene rings is 1. The van der Waals surface area contributed by atoms with Gasteiger partial charge in [-0.25, -0.2) is 4.90 Å². The lowest BCUT2D eigenvalue weighted by Gasteiger charge is -2.37. The molecule has 1 heterocycles. The first-order chi connectivity index (χ1) is 12.5. The number of nitrogens with zero attached hydrogens (tertiary/aromatic N) is 1. The molecule has 2 bridgehead atoms. The fourth-order valence-corrected chi connectivity index (χ4v) is 5.38. The van der Waals surface area contributed by atoms with Crippen molar-refractivity contribution in [3.8, 4) is 5.75 Å². The zero-order valence-corrected chi connectivity index (χ0v) is 14.8. The van der Waals surface area contributed by atoms with Crippen LogP contribution in [-0.2, 0) is 9.59 Å². The second-order valence-corrected chi connectivity index (χ2v) is 7.84. The van der Waals surface area contributed by atoms with Crippen LogP contribution < -0.4 is 9.64 Å². The summed E-state index contributed by atoms with van der Waals surface area (Å²) in [5.74, 6) is 1.10. The fourth-order valence-electron chi connectivity index (χ4n) is 5.38. The monoisotopic (exact) mass is 351 g/mol. The Hall–Kier alpha value is -2.43. The SMILES string of the molecule is CCOc1ccc(C(C)=O)cc1N1C(=O)[C@@H]2[C@H]3C=C[C@@H]([C@@H]4C[C@H]34)[C@@H]2C1=O. The summed E-state index contributed by atoms with van der Waals surface area (Å²) in [6.45, 7) is 3.75. The third-order valence-electron chi connectivity index (χ3n) is 6.57. The number of allylic oxidation sites excluding steroid dienone is 2. The Balaban J connectivity index is 1.59. The predicted octanol–water partition coefficient (Wildman–Crippen LogP) is 2.85. The smallest absolute Gasteiger partial charge is 0.238 e. The number of carbonyl (C=O) groups is 3. The summed E-state index contributed by atoms with van der Waals surface area (Å²) >= 11 is 0. The number of amides is 2. The largest absolute Gasteiger partial charge is 0.492 e. The van der Waals surface area contributed by atoms with Crippen molar-refractivity contribution >= 4 is 23.3 Å². The van der Waals surface area contributed by atoms with Gasteiger partial charge in [0, 0.05) is 5.56 Å². The van der Waals surface area contributed by atoms with Gasteiger partial charge in [-0.2, -0.15) is 0 Å². The van der Waals surface area contributed by atoms with Crippen molar-refractivity contribution in [2.45, 2.75) is 20.3 Å². The first-order valence-corrected chi connectivity index (χ1v) is 9.36. The molecule has 26 heavy (non-hydrogen) atoms. The fraction of sp³-hybridized carbons (Fsp3) is 0.476. The summed E-state index contributed by atoms with van der Waals surface area (Å²) in [5.41, 5.74) is 0.889. The molecular formula is C21H21NO4. The quantitative estimate of drug-likeness (QED) is 0.475. The average molecular weight is 351 g/mol. The lowest BCUT2D eigenvalue weighted by atomic mass is 9.63. The molecule has 4 aliphatic carbocycles. The summed E-state index contributed by atoms with van der Waals surface area (Å²) in [6.07, 6.45) is 5.45. The first-order valence-electron chi connectivity index (χ1n) is 9.36. The maximum absolute atomic E-state index is 13.3. The highest BCUT2D eigenvalue weighted by molar-refractivity contribution is 6.23. The third kappa shape index (κ3) is 1.94. The van der Waals surface area contributed by atoms with Crippen molar-refractivity contribution in [3.63, 3.8) is 0 Å². The number of ether oxygens (including phenoxy) is 1. The number of hydrogen-bond acceptors (Lipinski definition) is 4. The highest BCUT2D eigenvalue weighted by atomic mass is 16.5. The van der Waals surface area contributed by atoms with Gasteiger partial charge in [0.2, 0.25) is 11.8 Å². The van der Waals surface area contributed by atoms with E-state index in [0.717, 1.165) is 6.42 Å². The number of carbonyl (C=O) groups excluding carboxylic acids is 3. The molecule has 6 rings (SSSR count). The number of rotatable bonds is 4. The minimum absolute atomic E-state index is 0.103. The lowest BCUT2D eigenvalue weighted by molar-refractivity contribution is -0.124. The number of hydrogen-bond donors (Lipinski definition) is 0. The molecule has 0 spiro atoms. The normalized spacial score (nSPS) is 36.2. The van der Waals surface area contributed by atoms with Crippen molar-refractivity contribution in [1.29, 1.82) is 0 Å². The Morgan fingerprint density at radius 2 is 1.73 bits per heavy atom. The molecule has 1 aromatic rings. The lowest BCUT2D eigenvalue weighted by Crippen LogP contribution is -2.40. The van der Waals surface area contributed by atoms with E-state index >= 15 is 0 Å². The van der Waals surface area contributed by atoms with E-state index in [4.69, 9.17) is 4.74 Å². The first kappa shape index (κ1) is 15.8. The summed E-state index contributed by atoms with van der Waals surface area (Å²) < 4.78 is 5.66. The van der Waals surface area contributed by atoms with Crippen molar-refractivity contribution in [3.05, 3.63) is 35.9 Å². The second-order valence-electron chi connectivity index (χ2n) is 7.84. The van der Waals surface area contributed by atoms with E-state index in [2.05, 4.69) is 12.2 Å². The highest BCUT2D eigenvalue weighted by Gasteiger charge is 2.67. The number of Topliss-reactive ketones (excluding diaryl/α,β-unsaturated/α-hetero) is 1. The summed E-state index contributed by atoms with van der Waals surface area (Å²) in [6, 6.07) is 4.98. The number of ketones is 1. The van der Waals surface area contributed by atoms with Crippen LogP contribution in [0.5, 0.6) is 5.75 Å². The Morgan fingerprint density at radius 1 is 1.12 bits per heavy atom. The van der Waals surface area contributed by atoms with Crippen LogP contribution in [0.1, 0.15) is 30.6 Å². The second kappa shape index (κ2) is 5.29. The molecule has 2 amide bonds. The third-order valence-corrected chi connectivity index (χ3v) is 6.57. The molecule has 5 nitrogen and oxygen atoms in total. The van der Waals surface area contributed by atoms with Gasteiger partial charge in [0.25, 0.3) is 0 Å². The van der Waals surface area contributed by atoms with Crippen LogP contribution in [0, 0.1) is 35.5 Å². The molecule has 6 atom stereocenters. The molecule has 1 saturated heterocycles. The molecule has 0 N–H and O–H groups in total. The topological polar surface area (TPSA) is 63.7 Å². The molecule has 2 saturated carbocycles. The van der Waals surface area contributed by atoms with Crippen LogP contribution in [-0.4, -0.2) is 24.2 Å². The van der Waals surface area contributed by atoms with Crippen LogP contribution in [0.15, 0.2) is 30.4 Å². The molecule has 1 aromatic carbocycles. The van der Waals surface area contributed by atoms with E-state index in [1.165, 1.54) is 11.8 Å². The van der Waals surface area contributed by atoms with E-state index < -0.39 is 0 Å². The van der Waals surface area contributed by atoms with Crippen molar-refractivity contribution in [2.24, 2.45) is 35.5 Å². The molecule has 5 aliphatic rings. The van der Waals surface area contributed by atoms with E-state index in [-0.39, 0.29) is 41.3 Å². The van der Waals surface area contributed by atoms with Gasteiger partial charge >= 0.3 is 0 Å². The Bertz CT molecular complexity index is 837. The Kier molecular flexibility index (Phi) is 3.21. The molecule has 0 radical (unpaired) electrons. The molecule has 0 unspecified atom stereocenters. The van der Waals surface area contributed by atoms with E-state index in [1.54, 1.807) is 18.2 Å². The van der Waals surface area contributed by atoms with Gasteiger partial charge in [0.1, 0.15) is 5.75 Å².